The zero-order valence-corrected chi connectivity index (χ0v) is 15.1. The van der Waals surface area contributed by atoms with Crippen molar-refractivity contribution >= 4 is 11.5 Å². The standard InChI is InChI=1S/C22H26N2O/c1-22(2)12-10-17(11-13-22)20-15-16(7-9-19(20)21(23)25)6-8-18-5-3-4-14-24-18/h3-5,7,9-10,14-15H,6,8,11-13H2,1-2H3,(H2,23,25). The summed E-state index contributed by atoms with van der Waals surface area (Å²) in [5.74, 6) is -0.350. The molecule has 1 aromatic carbocycles. The Hall–Kier alpha value is -2.42. The van der Waals surface area contributed by atoms with Gasteiger partial charge in [0.25, 0.3) is 0 Å². The molecule has 0 unspecified atom stereocenters. The summed E-state index contributed by atoms with van der Waals surface area (Å²) in [6.07, 6.45) is 9.08. The lowest BCUT2D eigenvalue weighted by molar-refractivity contribution is 0.1000. The average Bonchev–Trinajstić information content (AvgIpc) is 2.60. The summed E-state index contributed by atoms with van der Waals surface area (Å²) in [4.78, 5) is 16.2. The van der Waals surface area contributed by atoms with E-state index in [0.29, 0.717) is 11.0 Å². The van der Waals surface area contributed by atoms with E-state index >= 15 is 0 Å². The van der Waals surface area contributed by atoms with Crippen molar-refractivity contribution in [2.24, 2.45) is 11.1 Å². The van der Waals surface area contributed by atoms with Crippen LogP contribution in [0.3, 0.4) is 0 Å². The molecule has 0 saturated carbocycles. The smallest absolute Gasteiger partial charge is 0.249 e. The second-order valence-corrected chi connectivity index (χ2v) is 7.66. The first kappa shape index (κ1) is 17.4. The van der Waals surface area contributed by atoms with Crippen LogP contribution in [0.4, 0.5) is 0 Å². The van der Waals surface area contributed by atoms with Gasteiger partial charge in [-0.3, -0.25) is 9.78 Å². The second kappa shape index (κ2) is 7.22. The summed E-state index contributed by atoms with van der Waals surface area (Å²) in [6, 6.07) is 12.0. The molecule has 3 heteroatoms. The number of allylic oxidation sites excluding steroid dienone is 2. The molecule has 1 amide bonds. The van der Waals surface area contributed by atoms with Crippen molar-refractivity contribution < 1.29 is 4.79 Å². The highest BCUT2D eigenvalue weighted by Gasteiger charge is 2.23. The van der Waals surface area contributed by atoms with E-state index in [-0.39, 0.29) is 5.91 Å². The highest BCUT2D eigenvalue weighted by atomic mass is 16.1. The van der Waals surface area contributed by atoms with Gasteiger partial charge in [0.2, 0.25) is 5.91 Å². The number of primary amides is 1. The molecular formula is C22H26N2O. The Kier molecular flexibility index (Phi) is 5.03. The third-order valence-electron chi connectivity index (χ3n) is 5.06. The molecule has 0 atom stereocenters. The number of rotatable bonds is 5. The Morgan fingerprint density at radius 2 is 2.04 bits per heavy atom. The first-order chi connectivity index (χ1) is 11.9. The van der Waals surface area contributed by atoms with E-state index in [1.165, 1.54) is 11.1 Å². The van der Waals surface area contributed by atoms with Crippen LogP contribution in [0.2, 0.25) is 0 Å². The third kappa shape index (κ3) is 4.36. The highest BCUT2D eigenvalue weighted by Crippen LogP contribution is 2.39. The molecule has 2 aromatic rings. The fourth-order valence-corrected chi connectivity index (χ4v) is 3.37. The minimum absolute atomic E-state index is 0.340. The lowest BCUT2D eigenvalue weighted by Crippen LogP contribution is -2.17. The minimum Gasteiger partial charge on any atom is -0.366 e. The predicted molar refractivity (Wildman–Crippen MR) is 102 cm³/mol. The van der Waals surface area contributed by atoms with Crippen molar-refractivity contribution in [3.8, 4) is 0 Å². The first-order valence-electron chi connectivity index (χ1n) is 8.97. The molecule has 2 N–H and O–H groups in total. The number of nitrogens with two attached hydrogens (primary N) is 1. The summed E-state index contributed by atoms with van der Waals surface area (Å²) in [7, 11) is 0. The molecule has 3 nitrogen and oxygen atoms in total. The van der Waals surface area contributed by atoms with Gasteiger partial charge in [-0.2, -0.15) is 0 Å². The fourth-order valence-electron chi connectivity index (χ4n) is 3.37. The van der Waals surface area contributed by atoms with E-state index in [1.54, 1.807) is 0 Å². The van der Waals surface area contributed by atoms with E-state index in [9.17, 15) is 4.79 Å². The van der Waals surface area contributed by atoms with E-state index in [2.05, 4.69) is 31.0 Å². The fraction of sp³-hybridized carbons (Fsp3) is 0.364. The van der Waals surface area contributed by atoms with Gasteiger partial charge < -0.3 is 5.73 Å². The predicted octanol–water partition coefficient (Wildman–Crippen LogP) is 4.56. The van der Waals surface area contributed by atoms with Crippen LogP contribution >= 0.6 is 0 Å². The van der Waals surface area contributed by atoms with Gasteiger partial charge in [-0.25, -0.2) is 0 Å². The number of nitrogens with zero attached hydrogens (tertiary/aromatic N) is 1. The van der Waals surface area contributed by atoms with Gasteiger partial charge in [-0.1, -0.05) is 38.1 Å². The van der Waals surface area contributed by atoms with Crippen LogP contribution in [-0.2, 0) is 12.8 Å². The van der Waals surface area contributed by atoms with Gasteiger partial charge in [0.1, 0.15) is 0 Å². The summed E-state index contributed by atoms with van der Waals surface area (Å²) >= 11 is 0. The van der Waals surface area contributed by atoms with Gasteiger partial charge in [0, 0.05) is 17.5 Å². The van der Waals surface area contributed by atoms with E-state index < -0.39 is 0 Å². The Bertz CT molecular complexity index is 791. The first-order valence-corrected chi connectivity index (χ1v) is 8.97. The number of pyridine rings is 1. The summed E-state index contributed by atoms with van der Waals surface area (Å²) in [6.45, 7) is 4.58. The molecule has 0 radical (unpaired) electrons. The number of amides is 1. The Morgan fingerprint density at radius 1 is 1.20 bits per heavy atom. The molecule has 0 aliphatic heterocycles. The Balaban J connectivity index is 1.85. The van der Waals surface area contributed by atoms with Gasteiger partial charge >= 0.3 is 0 Å². The van der Waals surface area contributed by atoms with Crippen molar-refractivity contribution in [1.29, 1.82) is 0 Å². The summed E-state index contributed by atoms with van der Waals surface area (Å²) in [5.41, 5.74) is 11.2. The SMILES string of the molecule is CC1(C)CC=C(c2cc(CCc3ccccn3)ccc2C(N)=O)CC1. The van der Waals surface area contributed by atoms with Crippen LogP contribution in [0.5, 0.6) is 0 Å². The molecule has 1 aromatic heterocycles. The molecular weight excluding hydrogens is 308 g/mol. The van der Waals surface area contributed by atoms with Crippen molar-refractivity contribution in [3.05, 3.63) is 71.1 Å². The monoisotopic (exact) mass is 334 g/mol. The Labute approximate surface area is 150 Å². The maximum Gasteiger partial charge on any atom is 0.249 e. The topological polar surface area (TPSA) is 56.0 Å². The third-order valence-corrected chi connectivity index (χ3v) is 5.06. The number of carbonyl (C=O) groups excluding carboxylic acids is 1. The van der Waals surface area contributed by atoms with Crippen molar-refractivity contribution in [3.63, 3.8) is 0 Å². The Morgan fingerprint density at radius 3 is 2.68 bits per heavy atom. The van der Waals surface area contributed by atoms with E-state index in [4.69, 9.17) is 5.73 Å². The highest BCUT2D eigenvalue weighted by molar-refractivity contribution is 5.98. The molecule has 0 saturated heterocycles. The zero-order chi connectivity index (χ0) is 17.9. The molecule has 0 bridgehead atoms. The number of hydrogen-bond acceptors (Lipinski definition) is 2. The maximum absolute atomic E-state index is 11.9. The van der Waals surface area contributed by atoms with Crippen LogP contribution in [0.25, 0.3) is 5.57 Å². The quantitative estimate of drug-likeness (QED) is 0.871. The lowest BCUT2D eigenvalue weighted by Gasteiger charge is -2.29. The molecule has 1 heterocycles. The molecule has 1 aliphatic carbocycles. The molecule has 0 spiro atoms. The van der Waals surface area contributed by atoms with Crippen LogP contribution in [0.1, 0.15) is 60.3 Å². The maximum atomic E-state index is 11.9. The van der Waals surface area contributed by atoms with Gasteiger partial charge in [0.05, 0.1) is 0 Å². The normalized spacial score (nSPS) is 16.3. The van der Waals surface area contributed by atoms with Crippen molar-refractivity contribution in [2.45, 2.75) is 46.0 Å². The van der Waals surface area contributed by atoms with Crippen LogP contribution in [0.15, 0.2) is 48.7 Å². The number of aromatic nitrogens is 1. The summed E-state index contributed by atoms with van der Waals surface area (Å²) in [5, 5.41) is 0. The minimum atomic E-state index is -0.350. The van der Waals surface area contributed by atoms with Gasteiger partial charge in [-0.15, -0.1) is 0 Å². The molecule has 0 fully saturated rings. The molecule has 130 valence electrons. The second-order valence-electron chi connectivity index (χ2n) is 7.66. The van der Waals surface area contributed by atoms with Gasteiger partial charge in [-0.05, 0) is 72.4 Å². The molecule has 25 heavy (non-hydrogen) atoms. The zero-order valence-electron chi connectivity index (χ0n) is 15.1. The van der Waals surface area contributed by atoms with E-state index in [0.717, 1.165) is 43.4 Å². The number of carbonyl (C=O) groups is 1. The largest absolute Gasteiger partial charge is 0.366 e. The summed E-state index contributed by atoms with van der Waals surface area (Å²) < 4.78 is 0. The van der Waals surface area contributed by atoms with Crippen molar-refractivity contribution in [1.82, 2.24) is 4.98 Å². The van der Waals surface area contributed by atoms with Crippen LogP contribution < -0.4 is 5.73 Å². The number of aryl methyl sites for hydroxylation is 2. The number of hydrogen-bond donors (Lipinski definition) is 1. The van der Waals surface area contributed by atoms with Crippen LogP contribution in [-0.4, -0.2) is 10.9 Å². The molecule has 1 aliphatic rings. The average molecular weight is 334 g/mol. The van der Waals surface area contributed by atoms with Gasteiger partial charge in [0.15, 0.2) is 0 Å². The lowest BCUT2D eigenvalue weighted by atomic mass is 9.76. The van der Waals surface area contributed by atoms with Crippen molar-refractivity contribution in [2.75, 3.05) is 0 Å². The van der Waals surface area contributed by atoms with E-state index in [1.807, 2.05) is 36.5 Å². The van der Waals surface area contributed by atoms with Crippen LogP contribution in [0, 0.1) is 5.41 Å². The number of benzene rings is 1. The molecule has 3 rings (SSSR count).